The van der Waals surface area contributed by atoms with Crippen LogP contribution in [0.1, 0.15) is 29.6 Å². The number of benzene rings is 1. The van der Waals surface area contributed by atoms with E-state index in [4.69, 9.17) is 4.74 Å². The Kier molecular flexibility index (Phi) is 5.15. The Morgan fingerprint density at radius 1 is 1.08 bits per heavy atom. The lowest BCUT2D eigenvalue weighted by molar-refractivity contribution is -0.144. The highest BCUT2D eigenvalue weighted by Crippen LogP contribution is 2.22. The van der Waals surface area contributed by atoms with Gasteiger partial charge in [0, 0.05) is 24.5 Å². The van der Waals surface area contributed by atoms with Crippen LogP contribution in [0.2, 0.25) is 0 Å². The van der Waals surface area contributed by atoms with E-state index in [1.807, 2.05) is 11.0 Å². The first-order valence-corrected chi connectivity index (χ1v) is 8.04. The Morgan fingerprint density at radius 2 is 1.83 bits per heavy atom. The monoisotopic (exact) mass is 325 g/mol. The van der Waals surface area contributed by atoms with Crippen molar-refractivity contribution in [3.05, 3.63) is 54.4 Å². The van der Waals surface area contributed by atoms with Gasteiger partial charge >= 0.3 is 5.97 Å². The quantitative estimate of drug-likeness (QED) is 0.620. The first-order chi connectivity index (χ1) is 11.8. The van der Waals surface area contributed by atoms with E-state index in [1.165, 1.54) is 0 Å². The van der Waals surface area contributed by atoms with Crippen LogP contribution in [0.4, 0.5) is 5.95 Å². The average molecular weight is 325 g/mol. The SMILES string of the molecule is O=C(COC(=O)[C@@H]1CCCCN1c1ncccn1)c1ccccc1. The number of anilines is 1. The fourth-order valence-corrected chi connectivity index (χ4v) is 2.80. The van der Waals surface area contributed by atoms with Crippen molar-refractivity contribution in [3.63, 3.8) is 0 Å². The average Bonchev–Trinajstić information content (AvgIpc) is 2.67. The minimum Gasteiger partial charge on any atom is -0.456 e. The molecular formula is C18H19N3O3. The van der Waals surface area contributed by atoms with Gasteiger partial charge < -0.3 is 9.64 Å². The summed E-state index contributed by atoms with van der Waals surface area (Å²) < 4.78 is 5.26. The molecule has 0 amide bonds. The van der Waals surface area contributed by atoms with Crippen LogP contribution in [0.5, 0.6) is 0 Å². The van der Waals surface area contributed by atoms with Crippen molar-refractivity contribution < 1.29 is 14.3 Å². The predicted molar refractivity (Wildman–Crippen MR) is 88.7 cm³/mol. The minimum absolute atomic E-state index is 0.206. The molecule has 2 aromatic rings. The molecule has 3 rings (SSSR count). The molecular weight excluding hydrogens is 306 g/mol. The van der Waals surface area contributed by atoms with Crippen LogP contribution in [0.25, 0.3) is 0 Å². The van der Waals surface area contributed by atoms with Gasteiger partial charge in [-0.25, -0.2) is 14.8 Å². The van der Waals surface area contributed by atoms with Gasteiger partial charge in [0.2, 0.25) is 5.95 Å². The molecule has 1 fully saturated rings. The zero-order chi connectivity index (χ0) is 16.8. The van der Waals surface area contributed by atoms with Crippen molar-refractivity contribution in [2.24, 2.45) is 0 Å². The van der Waals surface area contributed by atoms with Crippen molar-refractivity contribution >= 4 is 17.7 Å². The molecule has 1 saturated heterocycles. The zero-order valence-corrected chi connectivity index (χ0v) is 13.3. The van der Waals surface area contributed by atoms with Crippen LogP contribution in [0.3, 0.4) is 0 Å². The highest BCUT2D eigenvalue weighted by atomic mass is 16.5. The molecule has 124 valence electrons. The number of piperidine rings is 1. The molecule has 2 heterocycles. The normalized spacial score (nSPS) is 17.3. The van der Waals surface area contributed by atoms with Crippen LogP contribution in [0.15, 0.2) is 48.8 Å². The van der Waals surface area contributed by atoms with Crippen LogP contribution in [-0.2, 0) is 9.53 Å². The van der Waals surface area contributed by atoms with Crippen LogP contribution in [0, 0.1) is 0 Å². The lowest BCUT2D eigenvalue weighted by atomic mass is 10.0. The van der Waals surface area contributed by atoms with Gasteiger partial charge in [0.25, 0.3) is 0 Å². The summed E-state index contributed by atoms with van der Waals surface area (Å²) >= 11 is 0. The maximum Gasteiger partial charge on any atom is 0.329 e. The van der Waals surface area contributed by atoms with Crippen LogP contribution >= 0.6 is 0 Å². The Hall–Kier alpha value is -2.76. The summed E-state index contributed by atoms with van der Waals surface area (Å²) in [7, 11) is 0. The number of Topliss-reactive ketones (excluding diaryl/α,β-unsaturated/α-hetero) is 1. The van der Waals surface area contributed by atoms with E-state index in [1.54, 1.807) is 42.7 Å². The highest BCUT2D eigenvalue weighted by molar-refractivity contribution is 5.98. The predicted octanol–water partition coefficient (Wildman–Crippen LogP) is 2.26. The zero-order valence-electron chi connectivity index (χ0n) is 13.3. The molecule has 24 heavy (non-hydrogen) atoms. The largest absolute Gasteiger partial charge is 0.456 e. The van der Waals surface area contributed by atoms with Crippen molar-refractivity contribution in [3.8, 4) is 0 Å². The van der Waals surface area contributed by atoms with E-state index in [-0.39, 0.29) is 12.4 Å². The second kappa shape index (κ2) is 7.68. The van der Waals surface area contributed by atoms with Crippen LogP contribution < -0.4 is 4.90 Å². The third kappa shape index (κ3) is 3.76. The second-order valence-electron chi connectivity index (χ2n) is 5.65. The molecule has 0 radical (unpaired) electrons. The van der Waals surface area contributed by atoms with Crippen LogP contribution in [-0.4, -0.2) is 40.9 Å². The Bertz CT molecular complexity index is 691. The topological polar surface area (TPSA) is 72.4 Å². The summed E-state index contributed by atoms with van der Waals surface area (Å²) in [6.07, 6.45) is 5.90. The number of ketones is 1. The van der Waals surface area contributed by atoms with Gasteiger partial charge in [0.1, 0.15) is 6.04 Å². The van der Waals surface area contributed by atoms with E-state index in [2.05, 4.69) is 9.97 Å². The van der Waals surface area contributed by atoms with E-state index in [9.17, 15) is 9.59 Å². The smallest absolute Gasteiger partial charge is 0.329 e. The molecule has 1 aliphatic heterocycles. The number of hydrogen-bond acceptors (Lipinski definition) is 6. The molecule has 0 N–H and O–H groups in total. The highest BCUT2D eigenvalue weighted by Gasteiger charge is 2.32. The van der Waals surface area contributed by atoms with Gasteiger partial charge in [-0.05, 0) is 25.3 Å². The number of ether oxygens (including phenoxy) is 1. The fourth-order valence-electron chi connectivity index (χ4n) is 2.80. The molecule has 6 nitrogen and oxygen atoms in total. The van der Waals surface area contributed by atoms with Gasteiger partial charge in [-0.15, -0.1) is 0 Å². The van der Waals surface area contributed by atoms with Gasteiger partial charge in [0.15, 0.2) is 12.4 Å². The molecule has 0 bridgehead atoms. The Balaban J connectivity index is 1.63. The van der Waals surface area contributed by atoms with E-state index in [0.29, 0.717) is 24.5 Å². The number of esters is 1. The molecule has 1 aliphatic rings. The summed E-state index contributed by atoms with van der Waals surface area (Å²) in [5.41, 5.74) is 0.539. The summed E-state index contributed by atoms with van der Waals surface area (Å²) in [5.74, 6) is -0.0813. The van der Waals surface area contributed by atoms with Gasteiger partial charge in [0.05, 0.1) is 0 Å². The standard InChI is InChI=1S/C18H19N3O3/c22-16(14-7-2-1-3-8-14)13-24-17(23)15-9-4-5-12-21(15)18-19-10-6-11-20-18/h1-3,6-8,10-11,15H,4-5,9,12-13H2/t15-/m0/s1. The molecule has 0 unspecified atom stereocenters. The van der Waals surface area contributed by atoms with E-state index in [0.717, 1.165) is 12.8 Å². The third-order valence-corrected chi connectivity index (χ3v) is 4.03. The number of hydrogen-bond donors (Lipinski definition) is 0. The summed E-state index contributed by atoms with van der Waals surface area (Å²) in [4.78, 5) is 34.8. The molecule has 1 aromatic heterocycles. The maximum absolute atomic E-state index is 12.4. The van der Waals surface area contributed by atoms with Gasteiger partial charge in [-0.1, -0.05) is 30.3 Å². The van der Waals surface area contributed by atoms with E-state index < -0.39 is 12.0 Å². The molecule has 6 heteroatoms. The maximum atomic E-state index is 12.4. The first-order valence-electron chi connectivity index (χ1n) is 8.04. The summed E-state index contributed by atoms with van der Waals surface area (Å²) in [6.45, 7) is 0.458. The second-order valence-corrected chi connectivity index (χ2v) is 5.65. The van der Waals surface area contributed by atoms with Gasteiger partial charge in [-0.2, -0.15) is 0 Å². The summed E-state index contributed by atoms with van der Waals surface area (Å²) in [5, 5.41) is 0. The molecule has 0 spiro atoms. The molecule has 1 atom stereocenters. The fraction of sp³-hybridized carbons (Fsp3) is 0.333. The number of carbonyl (C=O) groups is 2. The van der Waals surface area contributed by atoms with Crippen molar-refractivity contribution in [1.29, 1.82) is 0 Å². The Labute approximate surface area is 140 Å². The lowest BCUT2D eigenvalue weighted by Crippen LogP contribution is -2.46. The van der Waals surface area contributed by atoms with Gasteiger partial charge in [-0.3, -0.25) is 4.79 Å². The van der Waals surface area contributed by atoms with Crippen molar-refractivity contribution in [1.82, 2.24) is 9.97 Å². The molecule has 0 saturated carbocycles. The summed E-state index contributed by atoms with van der Waals surface area (Å²) in [6, 6.07) is 10.1. The Morgan fingerprint density at radius 3 is 2.58 bits per heavy atom. The molecule has 0 aliphatic carbocycles. The van der Waals surface area contributed by atoms with E-state index >= 15 is 0 Å². The number of nitrogens with zero attached hydrogens (tertiary/aromatic N) is 3. The minimum atomic E-state index is -0.440. The van der Waals surface area contributed by atoms with Crippen molar-refractivity contribution in [2.75, 3.05) is 18.1 Å². The number of carbonyl (C=O) groups excluding carboxylic acids is 2. The third-order valence-electron chi connectivity index (χ3n) is 4.03. The lowest BCUT2D eigenvalue weighted by Gasteiger charge is -2.33. The molecule has 1 aromatic carbocycles. The van der Waals surface area contributed by atoms with Crippen molar-refractivity contribution in [2.45, 2.75) is 25.3 Å². The number of aromatic nitrogens is 2. The first kappa shape index (κ1) is 16.1. The number of rotatable bonds is 5.